The first-order valence-corrected chi connectivity index (χ1v) is 13.8. The van der Waals surface area contributed by atoms with Crippen molar-refractivity contribution in [2.45, 2.75) is 19.3 Å². The number of aromatic nitrogens is 2. The van der Waals surface area contributed by atoms with Gasteiger partial charge in [-0.2, -0.15) is 0 Å². The van der Waals surface area contributed by atoms with Crippen LogP contribution in [0.25, 0.3) is 33.5 Å². The number of nitrogens with two attached hydrogens (primary N) is 1. The standard InChI is InChI=1S/C31H38N6O2/c1-36-17-19-37(20-18-36)26-10-5-23(6-11-26)25-9-14-28-29(22-25)35-31(34-28)24-7-12-27(13-8-24)39-21-2-4-30(38)33-16-3-15-32/h5-14,22H,2-4,15-21,32H2,1H3,(H,33,38)(H,34,35). The fraction of sp³-hybridized carbons (Fsp3) is 0.355. The predicted octanol–water partition coefficient (Wildman–Crippen LogP) is 4.27. The third kappa shape index (κ3) is 6.96. The number of aromatic amines is 1. The Balaban J connectivity index is 1.17. The van der Waals surface area contributed by atoms with Gasteiger partial charge in [0.05, 0.1) is 17.6 Å². The lowest BCUT2D eigenvalue weighted by Crippen LogP contribution is -2.44. The van der Waals surface area contributed by atoms with Gasteiger partial charge in [-0.05, 0) is 86.1 Å². The van der Waals surface area contributed by atoms with Gasteiger partial charge in [0.2, 0.25) is 5.91 Å². The molecule has 0 unspecified atom stereocenters. The smallest absolute Gasteiger partial charge is 0.220 e. The molecule has 8 nitrogen and oxygen atoms in total. The molecule has 1 aromatic heterocycles. The van der Waals surface area contributed by atoms with Crippen LogP contribution in [0.1, 0.15) is 19.3 Å². The van der Waals surface area contributed by atoms with Crippen molar-refractivity contribution in [3.63, 3.8) is 0 Å². The third-order valence-corrected chi connectivity index (χ3v) is 7.20. The third-order valence-electron chi connectivity index (χ3n) is 7.20. The average molecular weight is 527 g/mol. The van der Waals surface area contributed by atoms with Crippen molar-refractivity contribution in [3.05, 3.63) is 66.7 Å². The fourth-order valence-electron chi connectivity index (χ4n) is 4.81. The molecule has 1 aliphatic heterocycles. The van der Waals surface area contributed by atoms with E-state index in [0.29, 0.717) is 32.5 Å². The molecule has 0 aliphatic carbocycles. The Hall–Kier alpha value is -3.88. The number of nitrogens with zero attached hydrogens (tertiary/aromatic N) is 3. The number of carbonyl (C=O) groups is 1. The number of nitrogens with one attached hydrogen (secondary N) is 2. The number of rotatable bonds is 11. The van der Waals surface area contributed by atoms with Gasteiger partial charge in [-0.1, -0.05) is 18.2 Å². The summed E-state index contributed by atoms with van der Waals surface area (Å²) >= 11 is 0. The molecule has 1 amide bonds. The monoisotopic (exact) mass is 526 g/mol. The molecule has 1 fully saturated rings. The summed E-state index contributed by atoms with van der Waals surface area (Å²) in [6, 6.07) is 23.1. The minimum absolute atomic E-state index is 0.0399. The van der Waals surface area contributed by atoms with E-state index in [-0.39, 0.29) is 5.91 Å². The maximum absolute atomic E-state index is 11.8. The Morgan fingerprint density at radius 2 is 1.67 bits per heavy atom. The second-order valence-corrected chi connectivity index (χ2v) is 10.1. The minimum Gasteiger partial charge on any atom is -0.494 e. The summed E-state index contributed by atoms with van der Waals surface area (Å²) < 4.78 is 5.81. The Kier molecular flexibility index (Phi) is 8.75. The zero-order valence-corrected chi connectivity index (χ0v) is 22.7. The predicted molar refractivity (Wildman–Crippen MR) is 158 cm³/mol. The summed E-state index contributed by atoms with van der Waals surface area (Å²) in [7, 11) is 2.18. The van der Waals surface area contributed by atoms with E-state index in [1.165, 1.54) is 16.8 Å². The van der Waals surface area contributed by atoms with E-state index in [0.717, 1.165) is 60.8 Å². The maximum Gasteiger partial charge on any atom is 0.220 e. The molecule has 5 rings (SSSR count). The van der Waals surface area contributed by atoms with Crippen LogP contribution in [0.5, 0.6) is 5.75 Å². The van der Waals surface area contributed by atoms with Crippen LogP contribution in [0.3, 0.4) is 0 Å². The molecular weight excluding hydrogens is 488 g/mol. The number of amides is 1. The van der Waals surface area contributed by atoms with E-state index in [9.17, 15) is 4.79 Å². The van der Waals surface area contributed by atoms with E-state index in [1.807, 2.05) is 24.3 Å². The number of piperazine rings is 1. The zero-order chi connectivity index (χ0) is 27.0. The molecule has 4 aromatic rings. The van der Waals surface area contributed by atoms with Crippen molar-refractivity contribution >= 4 is 22.6 Å². The second kappa shape index (κ2) is 12.8. The van der Waals surface area contributed by atoms with Gasteiger partial charge < -0.3 is 30.6 Å². The van der Waals surface area contributed by atoms with E-state index in [2.05, 4.69) is 69.6 Å². The average Bonchev–Trinajstić information content (AvgIpc) is 3.40. The summed E-state index contributed by atoms with van der Waals surface area (Å²) in [5, 5.41) is 2.86. The fourth-order valence-corrected chi connectivity index (χ4v) is 4.81. The Labute approximate surface area is 230 Å². The number of hydrogen-bond acceptors (Lipinski definition) is 6. The quantitative estimate of drug-likeness (QED) is 0.253. The molecule has 204 valence electrons. The molecule has 0 radical (unpaired) electrons. The number of carbonyl (C=O) groups excluding carboxylic acids is 1. The van der Waals surface area contributed by atoms with Gasteiger partial charge in [-0.25, -0.2) is 4.98 Å². The van der Waals surface area contributed by atoms with Crippen LogP contribution < -0.4 is 20.7 Å². The number of H-pyrrole nitrogens is 1. The first kappa shape index (κ1) is 26.7. The van der Waals surface area contributed by atoms with Gasteiger partial charge in [0.15, 0.2) is 0 Å². The molecule has 1 saturated heterocycles. The van der Waals surface area contributed by atoms with E-state index in [1.54, 1.807) is 0 Å². The van der Waals surface area contributed by atoms with Crippen LogP contribution >= 0.6 is 0 Å². The molecule has 0 spiro atoms. The van der Waals surface area contributed by atoms with E-state index < -0.39 is 0 Å². The van der Waals surface area contributed by atoms with Crippen molar-refractivity contribution in [1.82, 2.24) is 20.2 Å². The van der Waals surface area contributed by atoms with E-state index in [4.69, 9.17) is 15.5 Å². The van der Waals surface area contributed by atoms with Crippen molar-refractivity contribution in [1.29, 1.82) is 0 Å². The number of anilines is 1. The molecule has 2 heterocycles. The molecule has 0 bridgehead atoms. The number of hydrogen-bond donors (Lipinski definition) is 3. The molecule has 0 saturated carbocycles. The topological polar surface area (TPSA) is 99.5 Å². The lowest BCUT2D eigenvalue weighted by atomic mass is 10.0. The minimum atomic E-state index is 0.0399. The molecule has 39 heavy (non-hydrogen) atoms. The normalized spacial score (nSPS) is 14.1. The van der Waals surface area contributed by atoms with Crippen LogP contribution in [0.4, 0.5) is 5.69 Å². The molecule has 0 atom stereocenters. The highest BCUT2D eigenvalue weighted by Crippen LogP contribution is 2.28. The summed E-state index contributed by atoms with van der Waals surface area (Å²) in [4.78, 5) is 24.9. The van der Waals surface area contributed by atoms with E-state index >= 15 is 0 Å². The first-order chi connectivity index (χ1) is 19.1. The van der Waals surface area contributed by atoms with Crippen LogP contribution in [-0.2, 0) is 4.79 Å². The highest BCUT2D eigenvalue weighted by Gasteiger charge is 2.14. The molecular formula is C31H38N6O2. The summed E-state index contributed by atoms with van der Waals surface area (Å²) in [5.41, 5.74) is 12.0. The van der Waals surface area contributed by atoms with Gasteiger partial charge in [0.1, 0.15) is 11.6 Å². The lowest BCUT2D eigenvalue weighted by molar-refractivity contribution is -0.121. The Bertz CT molecular complexity index is 1360. The van der Waals surface area contributed by atoms with Crippen LogP contribution in [0.15, 0.2) is 66.7 Å². The Morgan fingerprint density at radius 1 is 0.949 bits per heavy atom. The van der Waals surface area contributed by atoms with Gasteiger partial charge in [-0.3, -0.25) is 4.79 Å². The van der Waals surface area contributed by atoms with Crippen molar-refractivity contribution in [3.8, 4) is 28.3 Å². The highest BCUT2D eigenvalue weighted by molar-refractivity contribution is 5.85. The Morgan fingerprint density at radius 3 is 2.41 bits per heavy atom. The lowest BCUT2D eigenvalue weighted by Gasteiger charge is -2.34. The van der Waals surface area contributed by atoms with Gasteiger partial charge in [0.25, 0.3) is 0 Å². The maximum atomic E-state index is 11.8. The van der Waals surface area contributed by atoms with Crippen molar-refractivity contribution < 1.29 is 9.53 Å². The number of imidazole rings is 1. The summed E-state index contributed by atoms with van der Waals surface area (Å²) in [6.07, 6.45) is 1.91. The number of benzene rings is 3. The second-order valence-electron chi connectivity index (χ2n) is 10.1. The van der Waals surface area contributed by atoms with Crippen LogP contribution in [0.2, 0.25) is 0 Å². The largest absolute Gasteiger partial charge is 0.494 e. The SMILES string of the molecule is CN1CCN(c2ccc(-c3ccc4nc(-c5ccc(OCCCC(=O)NCCCN)cc5)[nH]c4c3)cc2)CC1. The molecule has 3 aromatic carbocycles. The van der Waals surface area contributed by atoms with Gasteiger partial charge in [-0.15, -0.1) is 0 Å². The molecule has 8 heteroatoms. The number of likely N-dealkylation sites (N-methyl/N-ethyl adjacent to an activating group) is 1. The van der Waals surface area contributed by atoms with Crippen LogP contribution in [-0.4, -0.2) is 73.7 Å². The highest BCUT2D eigenvalue weighted by atomic mass is 16.5. The van der Waals surface area contributed by atoms with Gasteiger partial charge in [0, 0.05) is 50.4 Å². The molecule has 1 aliphatic rings. The van der Waals surface area contributed by atoms with Crippen molar-refractivity contribution in [2.24, 2.45) is 5.73 Å². The number of ether oxygens (including phenoxy) is 1. The molecule has 4 N–H and O–H groups in total. The summed E-state index contributed by atoms with van der Waals surface area (Å²) in [6.45, 7) is 6.05. The van der Waals surface area contributed by atoms with Crippen LogP contribution in [0, 0.1) is 0 Å². The number of fused-ring (bicyclic) bond motifs is 1. The first-order valence-electron chi connectivity index (χ1n) is 13.8. The van der Waals surface area contributed by atoms with Gasteiger partial charge >= 0.3 is 0 Å². The summed E-state index contributed by atoms with van der Waals surface area (Å²) in [5.74, 6) is 1.65. The zero-order valence-electron chi connectivity index (χ0n) is 22.7. The van der Waals surface area contributed by atoms with Crippen molar-refractivity contribution in [2.75, 3.05) is 57.8 Å².